The fourth-order valence-electron chi connectivity index (χ4n) is 3.47. The molecular weight excluding hydrogens is 464 g/mol. The Kier molecular flexibility index (Phi) is 5.92. The zero-order valence-corrected chi connectivity index (χ0v) is 18.8. The number of sulfonamides is 1. The number of thiazole rings is 1. The number of piperidine rings is 1. The number of anilines is 1. The van der Waals surface area contributed by atoms with E-state index >= 15 is 0 Å². The summed E-state index contributed by atoms with van der Waals surface area (Å²) in [6, 6.07) is 4.95. The molecule has 0 radical (unpaired) electrons. The Bertz CT molecular complexity index is 1240. The molecule has 3 aromatic rings. The number of aromatic nitrogens is 1. The molecule has 1 unspecified atom stereocenters. The van der Waals surface area contributed by atoms with Crippen LogP contribution >= 0.6 is 22.7 Å². The number of nitro benzene ring substituents is 1. The Labute approximate surface area is 185 Å². The van der Waals surface area contributed by atoms with E-state index in [2.05, 4.69) is 10.3 Å². The Morgan fingerprint density at radius 1 is 1.39 bits per heavy atom. The zero-order valence-electron chi connectivity index (χ0n) is 16.3. The van der Waals surface area contributed by atoms with Crippen molar-refractivity contribution in [3.63, 3.8) is 0 Å². The average Bonchev–Trinajstić information content (AvgIpc) is 3.43. The lowest BCUT2D eigenvalue weighted by atomic mass is 10.0. The number of rotatable bonds is 6. The number of nitrogens with one attached hydrogen (secondary N) is 1. The van der Waals surface area contributed by atoms with Gasteiger partial charge < -0.3 is 10.1 Å². The molecule has 0 aliphatic carbocycles. The van der Waals surface area contributed by atoms with Crippen LogP contribution in [0.3, 0.4) is 0 Å². The van der Waals surface area contributed by atoms with E-state index in [4.69, 9.17) is 4.74 Å². The minimum absolute atomic E-state index is 0.147. The molecule has 3 heterocycles. The maximum absolute atomic E-state index is 13.0. The summed E-state index contributed by atoms with van der Waals surface area (Å²) >= 11 is 2.18. The minimum Gasteiger partial charge on any atom is -0.494 e. The Morgan fingerprint density at radius 3 is 2.87 bits per heavy atom. The molecule has 1 aliphatic rings. The molecule has 0 bridgehead atoms. The summed E-state index contributed by atoms with van der Waals surface area (Å²) in [5.41, 5.74) is 0.242. The SMILES string of the molecule is COc1cc([N+](=O)[O-])cc2sc(NC(=O)C3CCCCN3S(=O)(=O)c3cccs3)nc12. The van der Waals surface area contributed by atoms with Gasteiger partial charge in [-0.1, -0.05) is 23.8 Å². The van der Waals surface area contributed by atoms with Crippen molar-refractivity contribution in [1.29, 1.82) is 0 Å². The van der Waals surface area contributed by atoms with Crippen LogP contribution in [0.2, 0.25) is 0 Å². The number of benzene rings is 1. The van der Waals surface area contributed by atoms with Crippen molar-refractivity contribution < 1.29 is 22.9 Å². The van der Waals surface area contributed by atoms with E-state index in [1.807, 2.05) is 0 Å². The second kappa shape index (κ2) is 8.49. The number of ether oxygens (including phenoxy) is 1. The molecule has 13 heteroatoms. The lowest BCUT2D eigenvalue weighted by molar-refractivity contribution is -0.384. The van der Waals surface area contributed by atoms with Gasteiger partial charge in [-0.25, -0.2) is 13.4 Å². The molecular formula is C18H18N4O6S3. The first-order valence-electron chi connectivity index (χ1n) is 9.30. The number of hydrogen-bond donors (Lipinski definition) is 1. The van der Waals surface area contributed by atoms with Gasteiger partial charge in [-0.2, -0.15) is 4.31 Å². The Morgan fingerprint density at radius 2 is 2.19 bits per heavy atom. The predicted molar refractivity (Wildman–Crippen MR) is 117 cm³/mol. The summed E-state index contributed by atoms with van der Waals surface area (Å²) in [5.74, 6) is -0.257. The first kappa shape index (κ1) is 21.6. The number of thiophene rings is 1. The third-order valence-corrected chi connectivity index (χ3v) is 9.12. The number of carbonyl (C=O) groups excluding carboxylic acids is 1. The lowest BCUT2D eigenvalue weighted by Gasteiger charge is -2.32. The molecule has 1 saturated heterocycles. The molecule has 1 amide bonds. The summed E-state index contributed by atoms with van der Waals surface area (Å²) in [6.07, 6.45) is 1.81. The molecule has 4 rings (SSSR count). The van der Waals surface area contributed by atoms with Crippen molar-refractivity contribution in [2.45, 2.75) is 29.5 Å². The first-order valence-corrected chi connectivity index (χ1v) is 12.4. The number of methoxy groups -OCH3 is 1. The summed E-state index contributed by atoms with van der Waals surface area (Å²) in [5, 5.41) is 15.7. The highest BCUT2D eigenvalue weighted by molar-refractivity contribution is 7.91. The van der Waals surface area contributed by atoms with Gasteiger partial charge >= 0.3 is 0 Å². The molecule has 1 aliphatic heterocycles. The van der Waals surface area contributed by atoms with E-state index in [1.165, 1.54) is 29.6 Å². The maximum atomic E-state index is 13.0. The molecule has 31 heavy (non-hydrogen) atoms. The predicted octanol–water partition coefficient (Wildman–Crippen LogP) is 3.46. The molecule has 1 N–H and O–H groups in total. The van der Waals surface area contributed by atoms with E-state index in [-0.39, 0.29) is 27.3 Å². The lowest BCUT2D eigenvalue weighted by Crippen LogP contribution is -2.49. The van der Waals surface area contributed by atoms with Crippen LogP contribution in [0.4, 0.5) is 10.8 Å². The zero-order chi connectivity index (χ0) is 22.2. The number of amides is 1. The fraction of sp³-hybridized carbons (Fsp3) is 0.333. The molecule has 1 aromatic carbocycles. The van der Waals surface area contributed by atoms with Gasteiger partial charge in [0.2, 0.25) is 5.91 Å². The van der Waals surface area contributed by atoms with Crippen molar-refractivity contribution in [2.24, 2.45) is 0 Å². The molecule has 0 saturated carbocycles. The van der Waals surface area contributed by atoms with Crippen molar-refractivity contribution >= 4 is 59.6 Å². The van der Waals surface area contributed by atoms with Crippen LogP contribution in [0.5, 0.6) is 5.75 Å². The van der Waals surface area contributed by atoms with Crippen LogP contribution < -0.4 is 10.1 Å². The highest BCUT2D eigenvalue weighted by Gasteiger charge is 2.38. The van der Waals surface area contributed by atoms with Crippen LogP contribution in [0.1, 0.15) is 19.3 Å². The number of nitrogens with zero attached hydrogens (tertiary/aromatic N) is 3. The summed E-state index contributed by atoms with van der Waals surface area (Å²) in [4.78, 5) is 27.9. The molecule has 0 spiro atoms. The normalized spacial score (nSPS) is 17.5. The van der Waals surface area contributed by atoms with Crippen LogP contribution in [0.15, 0.2) is 33.9 Å². The molecule has 1 atom stereocenters. The van der Waals surface area contributed by atoms with E-state index in [0.717, 1.165) is 29.1 Å². The molecule has 1 fully saturated rings. The number of fused-ring (bicyclic) bond motifs is 1. The summed E-state index contributed by atoms with van der Waals surface area (Å²) < 4.78 is 33.1. The van der Waals surface area contributed by atoms with Gasteiger partial charge in [-0.3, -0.25) is 14.9 Å². The van der Waals surface area contributed by atoms with E-state index in [9.17, 15) is 23.3 Å². The summed E-state index contributed by atoms with van der Waals surface area (Å²) in [7, 11) is -2.40. The van der Waals surface area contributed by atoms with Gasteiger partial charge in [0.1, 0.15) is 15.8 Å². The minimum atomic E-state index is -3.78. The standard InChI is InChI=1S/C18H18N4O6S3/c1-28-13-9-11(22(24)25)10-14-16(13)19-18(30-14)20-17(23)12-5-2-3-7-21(12)31(26,27)15-6-4-8-29-15/h4,6,8-10,12H,2-3,5,7H2,1H3,(H,19,20,23). The quantitative estimate of drug-likeness (QED) is 0.420. The second-order valence-electron chi connectivity index (χ2n) is 6.82. The number of hydrogen-bond acceptors (Lipinski definition) is 9. The van der Waals surface area contributed by atoms with Crippen molar-refractivity contribution in [3.8, 4) is 5.75 Å². The van der Waals surface area contributed by atoms with Crippen LogP contribution in [0.25, 0.3) is 10.2 Å². The van der Waals surface area contributed by atoms with Gasteiger partial charge in [0, 0.05) is 12.6 Å². The van der Waals surface area contributed by atoms with Gasteiger partial charge in [-0.15, -0.1) is 11.3 Å². The third kappa shape index (κ3) is 4.13. The van der Waals surface area contributed by atoms with E-state index < -0.39 is 26.9 Å². The fourth-order valence-corrected chi connectivity index (χ4v) is 7.16. The van der Waals surface area contributed by atoms with Crippen LogP contribution in [-0.2, 0) is 14.8 Å². The smallest absolute Gasteiger partial charge is 0.274 e. The molecule has 164 valence electrons. The highest BCUT2D eigenvalue weighted by atomic mass is 32.2. The van der Waals surface area contributed by atoms with Crippen LogP contribution in [0, 0.1) is 10.1 Å². The van der Waals surface area contributed by atoms with Crippen molar-refractivity contribution in [1.82, 2.24) is 9.29 Å². The molecule has 10 nitrogen and oxygen atoms in total. The molecule has 2 aromatic heterocycles. The topological polar surface area (TPSA) is 132 Å². The monoisotopic (exact) mass is 482 g/mol. The Balaban J connectivity index is 1.62. The largest absolute Gasteiger partial charge is 0.494 e. The average molecular weight is 483 g/mol. The van der Waals surface area contributed by atoms with Gasteiger partial charge in [0.25, 0.3) is 15.7 Å². The van der Waals surface area contributed by atoms with E-state index in [1.54, 1.807) is 11.4 Å². The Hall–Kier alpha value is -2.61. The highest BCUT2D eigenvalue weighted by Crippen LogP contribution is 2.36. The van der Waals surface area contributed by atoms with E-state index in [0.29, 0.717) is 23.1 Å². The van der Waals surface area contributed by atoms with Gasteiger partial charge in [0.05, 0.1) is 22.8 Å². The van der Waals surface area contributed by atoms with Crippen LogP contribution in [-0.4, -0.2) is 48.2 Å². The maximum Gasteiger partial charge on any atom is 0.274 e. The van der Waals surface area contributed by atoms with Crippen molar-refractivity contribution in [3.05, 3.63) is 39.8 Å². The number of non-ortho nitro benzene ring substituents is 1. The summed E-state index contributed by atoms with van der Waals surface area (Å²) in [6.45, 7) is 0.262. The number of nitro groups is 1. The first-order chi connectivity index (χ1) is 14.8. The van der Waals surface area contributed by atoms with Gasteiger partial charge in [-0.05, 0) is 24.3 Å². The second-order valence-corrected chi connectivity index (χ2v) is 10.9. The van der Waals surface area contributed by atoms with Gasteiger partial charge in [0.15, 0.2) is 10.9 Å². The third-order valence-electron chi connectivity index (χ3n) is 4.92. The van der Waals surface area contributed by atoms with Crippen molar-refractivity contribution in [2.75, 3.05) is 19.0 Å². The number of carbonyl (C=O) groups is 1.